The summed E-state index contributed by atoms with van der Waals surface area (Å²) >= 11 is 0. The van der Waals surface area contributed by atoms with Gasteiger partial charge in [-0.05, 0) is 55.3 Å². The van der Waals surface area contributed by atoms with Gasteiger partial charge in [0.05, 0.1) is 28.7 Å². The van der Waals surface area contributed by atoms with Gasteiger partial charge in [0.2, 0.25) is 0 Å². The highest BCUT2D eigenvalue weighted by molar-refractivity contribution is 7.92. The number of benzene rings is 2. The van der Waals surface area contributed by atoms with E-state index < -0.39 is 27.7 Å². The number of hydrogen-bond donors (Lipinski definition) is 1. The molecule has 1 unspecified atom stereocenters. The van der Waals surface area contributed by atoms with Crippen LogP contribution >= 0.6 is 0 Å². The molecule has 4 rings (SSSR count). The predicted molar refractivity (Wildman–Crippen MR) is 98.0 cm³/mol. The molecule has 0 aromatic heterocycles. The molecule has 28 heavy (non-hydrogen) atoms. The van der Waals surface area contributed by atoms with Gasteiger partial charge >= 0.3 is 0 Å². The summed E-state index contributed by atoms with van der Waals surface area (Å²) in [5.74, 6) is -1.44. The first kappa shape index (κ1) is 18.6. The topological polar surface area (TPSA) is 92.8 Å². The van der Waals surface area contributed by atoms with Gasteiger partial charge in [-0.1, -0.05) is 0 Å². The summed E-state index contributed by atoms with van der Waals surface area (Å²) in [4.78, 5) is 26.2. The summed E-state index contributed by atoms with van der Waals surface area (Å²) in [5, 5.41) is 0. The van der Waals surface area contributed by atoms with Crippen LogP contribution in [0.15, 0.2) is 47.4 Å². The van der Waals surface area contributed by atoms with E-state index in [0.717, 1.165) is 42.0 Å². The third-order valence-electron chi connectivity index (χ3n) is 4.76. The largest absolute Gasteiger partial charge is 0.376 e. The van der Waals surface area contributed by atoms with Gasteiger partial charge < -0.3 is 4.74 Å². The van der Waals surface area contributed by atoms with Crippen molar-refractivity contribution < 1.29 is 27.1 Å². The van der Waals surface area contributed by atoms with E-state index in [-0.39, 0.29) is 34.4 Å². The SMILES string of the molecule is O=C1c2ccc(NS(=O)(=O)c3ccc(F)cc3)cc2C(=O)N1CC1CCCO1. The summed E-state index contributed by atoms with van der Waals surface area (Å²) < 4.78 is 45.7. The number of fused-ring (bicyclic) bond motifs is 1. The van der Waals surface area contributed by atoms with Crippen LogP contribution in [0, 0.1) is 5.82 Å². The Hall–Kier alpha value is -2.78. The molecule has 2 heterocycles. The molecular weight excluding hydrogens is 387 g/mol. The van der Waals surface area contributed by atoms with E-state index in [4.69, 9.17) is 4.74 Å². The van der Waals surface area contributed by atoms with Gasteiger partial charge in [0.1, 0.15) is 5.82 Å². The molecule has 7 nitrogen and oxygen atoms in total. The molecule has 2 aromatic carbocycles. The minimum Gasteiger partial charge on any atom is -0.376 e. The van der Waals surface area contributed by atoms with Crippen LogP contribution in [0.4, 0.5) is 10.1 Å². The van der Waals surface area contributed by atoms with Crippen molar-refractivity contribution >= 4 is 27.5 Å². The number of halogens is 1. The number of sulfonamides is 1. The van der Waals surface area contributed by atoms with Crippen LogP contribution in [0.2, 0.25) is 0 Å². The van der Waals surface area contributed by atoms with Crippen molar-refractivity contribution in [1.29, 1.82) is 0 Å². The second-order valence-corrected chi connectivity index (χ2v) is 8.36. The fourth-order valence-electron chi connectivity index (χ4n) is 3.34. The van der Waals surface area contributed by atoms with E-state index in [1.54, 1.807) is 0 Å². The Balaban J connectivity index is 1.57. The van der Waals surface area contributed by atoms with Gasteiger partial charge in [-0.15, -0.1) is 0 Å². The summed E-state index contributed by atoms with van der Waals surface area (Å²) in [6.07, 6.45) is 1.51. The summed E-state index contributed by atoms with van der Waals surface area (Å²) in [7, 11) is -3.96. The van der Waals surface area contributed by atoms with Crippen LogP contribution < -0.4 is 4.72 Å². The first-order chi connectivity index (χ1) is 13.3. The Morgan fingerprint density at radius 2 is 1.79 bits per heavy atom. The third kappa shape index (κ3) is 3.38. The lowest BCUT2D eigenvalue weighted by Gasteiger charge is -2.17. The minimum absolute atomic E-state index is 0.114. The Kier molecular flexibility index (Phi) is 4.64. The number of ether oxygens (including phenoxy) is 1. The number of nitrogens with one attached hydrogen (secondary N) is 1. The molecule has 0 spiro atoms. The third-order valence-corrected chi connectivity index (χ3v) is 6.15. The van der Waals surface area contributed by atoms with Crippen molar-refractivity contribution in [2.24, 2.45) is 0 Å². The molecule has 2 aromatic rings. The number of rotatable bonds is 5. The van der Waals surface area contributed by atoms with Gasteiger partial charge in [-0.3, -0.25) is 19.2 Å². The maximum absolute atomic E-state index is 13.0. The minimum atomic E-state index is -3.96. The second kappa shape index (κ2) is 6.99. The standard InChI is InChI=1S/C19H17FN2O5S/c20-12-3-6-15(7-4-12)28(25,26)21-13-5-8-16-17(10-13)19(24)22(18(16)23)11-14-2-1-9-27-14/h3-8,10,14,21H,1-2,9,11H2. The average molecular weight is 404 g/mol. The highest BCUT2D eigenvalue weighted by Crippen LogP contribution is 2.28. The molecule has 146 valence electrons. The molecule has 2 aliphatic rings. The molecule has 0 bridgehead atoms. The zero-order valence-electron chi connectivity index (χ0n) is 14.7. The first-order valence-electron chi connectivity index (χ1n) is 8.75. The molecule has 9 heteroatoms. The van der Waals surface area contributed by atoms with Crippen LogP contribution in [-0.2, 0) is 14.8 Å². The lowest BCUT2D eigenvalue weighted by molar-refractivity contribution is 0.0475. The molecule has 1 saturated heterocycles. The lowest BCUT2D eigenvalue weighted by atomic mass is 10.1. The van der Waals surface area contributed by atoms with Gasteiger partial charge in [0.15, 0.2) is 0 Å². The predicted octanol–water partition coefficient (Wildman–Crippen LogP) is 2.40. The second-order valence-electron chi connectivity index (χ2n) is 6.68. The monoisotopic (exact) mass is 404 g/mol. The molecule has 0 radical (unpaired) electrons. The van der Waals surface area contributed by atoms with Gasteiger partial charge in [0, 0.05) is 12.3 Å². The maximum atomic E-state index is 13.0. The number of imide groups is 1. The molecule has 0 aliphatic carbocycles. The van der Waals surface area contributed by atoms with E-state index in [9.17, 15) is 22.4 Å². The molecule has 2 aliphatic heterocycles. The summed E-state index contributed by atoms with van der Waals surface area (Å²) in [5.41, 5.74) is 0.512. The van der Waals surface area contributed by atoms with Crippen LogP contribution in [-0.4, -0.2) is 44.4 Å². The summed E-state index contributed by atoms with van der Waals surface area (Å²) in [6, 6.07) is 8.55. The quantitative estimate of drug-likeness (QED) is 0.773. The number of nitrogens with zero attached hydrogens (tertiary/aromatic N) is 1. The van der Waals surface area contributed by atoms with Crippen molar-refractivity contribution in [3.63, 3.8) is 0 Å². The zero-order valence-corrected chi connectivity index (χ0v) is 15.5. The fourth-order valence-corrected chi connectivity index (χ4v) is 4.39. The normalized spacial score (nSPS) is 19.2. The number of amides is 2. The van der Waals surface area contributed by atoms with Gasteiger partial charge in [-0.25, -0.2) is 12.8 Å². The highest BCUT2D eigenvalue weighted by Gasteiger charge is 2.37. The van der Waals surface area contributed by atoms with Crippen molar-refractivity contribution in [2.45, 2.75) is 23.8 Å². The van der Waals surface area contributed by atoms with E-state index >= 15 is 0 Å². The Morgan fingerprint density at radius 1 is 1.07 bits per heavy atom. The average Bonchev–Trinajstić information content (AvgIpc) is 3.25. The number of hydrogen-bond acceptors (Lipinski definition) is 5. The van der Waals surface area contributed by atoms with Crippen molar-refractivity contribution in [1.82, 2.24) is 4.90 Å². The van der Waals surface area contributed by atoms with E-state index in [1.165, 1.54) is 18.2 Å². The van der Waals surface area contributed by atoms with Crippen LogP contribution in [0.3, 0.4) is 0 Å². The van der Waals surface area contributed by atoms with Crippen molar-refractivity contribution in [3.8, 4) is 0 Å². The number of anilines is 1. The van der Waals surface area contributed by atoms with E-state index in [2.05, 4.69) is 4.72 Å². The fraction of sp³-hybridized carbons (Fsp3) is 0.263. The van der Waals surface area contributed by atoms with Gasteiger partial charge in [-0.2, -0.15) is 0 Å². The molecule has 1 N–H and O–H groups in total. The number of carbonyl (C=O) groups excluding carboxylic acids is 2. The highest BCUT2D eigenvalue weighted by atomic mass is 32.2. The van der Waals surface area contributed by atoms with E-state index in [1.807, 2.05) is 0 Å². The first-order valence-corrected chi connectivity index (χ1v) is 10.2. The number of carbonyl (C=O) groups is 2. The zero-order chi connectivity index (χ0) is 19.9. The van der Waals surface area contributed by atoms with Crippen LogP contribution in [0.1, 0.15) is 33.6 Å². The van der Waals surface area contributed by atoms with Crippen molar-refractivity contribution in [3.05, 3.63) is 59.4 Å². The molecular formula is C19H17FN2O5S. The van der Waals surface area contributed by atoms with Gasteiger partial charge in [0.25, 0.3) is 21.8 Å². The Morgan fingerprint density at radius 3 is 2.46 bits per heavy atom. The maximum Gasteiger partial charge on any atom is 0.261 e. The molecule has 2 amide bonds. The molecule has 1 fully saturated rings. The molecule has 1 atom stereocenters. The van der Waals surface area contributed by atoms with E-state index in [0.29, 0.717) is 6.61 Å². The summed E-state index contributed by atoms with van der Waals surface area (Å²) in [6.45, 7) is 0.798. The lowest BCUT2D eigenvalue weighted by Crippen LogP contribution is -2.36. The Bertz CT molecular complexity index is 1050. The Labute approximate surface area is 161 Å². The smallest absolute Gasteiger partial charge is 0.261 e. The van der Waals surface area contributed by atoms with Crippen molar-refractivity contribution in [2.75, 3.05) is 17.9 Å². The molecule has 0 saturated carbocycles. The van der Waals surface area contributed by atoms with Crippen LogP contribution in [0.5, 0.6) is 0 Å². The van der Waals surface area contributed by atoms with Crippen LogP contribution in [0.25, 0.3) is 0 Å².